The highest BCUT2D eigenvalue weighted by Crippen LogP contribution is 2.30. The molecule has 3 aromatic carbocycles. The summed E-state index contributed by atoms with van der Waals surface area (Å²) in [6, 6.07) is 18.0. The molecule has 3 aromatic rings. The van der Waals surface area contributed by atoms with Gasteiger partial charge in [-0.1, -0.05) is 24.3 Å². The van der Waals surface area contributed by atoms with Gasteiger partial charge in [-0.2, -0.15) is 0 Å². The Bertz CT molecular complexity index is 849. The second-order valence-corrected chi connectivity index (χ2v) is 5.81. The minimum Gasteiger partial charge on any atom is -0.478 e. The van der Waals surface area contributed by atoms with Crippen molar-refractivity contribution < 1.29 is 29.6 Å². The van der Waals surface area contributed by atoms with Gasteiger partial charge in [0.25, 0.3) is 0 Å². The SMILES string of the molecule is O=C(O)c1cc(Oc2ccc(CO)cc2)cc(Oc2ccc(CO)cc2)c1. The summed E-state index contributed by atoms with van der Waals surface area (Å²) in [6.45, 7) is -0.135. The van der Waals surface area contributed by atoms with Crippen LogP contribution in [0.1, 0.15) is 21.5 Å². The fourth-order valence-corrected chi connectivity index (χ4v) is 2.41. The maximum atomic E-state index is 11.4. The fraction of sp³-hybridized carbons (Fsp3) is 0.0952. The molecule has 0 spiro atoms. The van der Waals surface area contributed by atoms with Gasteiger partial charge in [-0.05, 0) is 47.5 Å². The van der Waals surface area contributed by atoms with Crippen LogP contribution in [0.3, 0.4) is 0 Å². The van der Waals surface area contributed by atoms with Crippen molar-refractivity contribution in [3.05, 3.63) is 83.4 Å². The first-order valence-electron chi connectivity index (χ1n) is 8.21. The smallest absolute Gasteiger partial charge is 0.335 e. The standard InChI is InChI=1S/C21H18O6/c22-12-14-1-5-17(6-2-14)26-19-9-16(21(24)25)10-20(11-19)27-18-7-3-15(13-23)4-8-18/h1-11,22-23H,12-13H2,(H,24,25). The van der Waals surface area contributed by atoms with Crippen molar-refractivity contribution in [3.63, 3.8) is 0 Å². The van der Waals surface area contributed by atoms with E-state index in [1.165, 1.54) is 12.1 Å². The van der Waals surface area contributed by atoms with Crippen LogP contribution in [-0.2, 0) is 13.2 Å². The van der Waals surface area contributed by atoms with E-state index in [2.05, 4.69) is 0 Å². The largest absolute Gasteiger partial charge is 0.478 e. The molecule has 0 aromatic heterocycles. The van der Waals surface area contributed by atoms with E-state index in [1.54, 1.807) is 54.6 Å². The number of rotatable bonds is 7. The maximum Gasteiger partial charge on any atom is 0.335 e. The molecule has 0 heterocycles. The Morgan fingerprint density at radius 2 is 1.07 bits per heavy atom. The van der Waals surface area contributed by atoms with Crippen LogP contribution >= 0.6 is 0 Å². The van der Waals surface area contributed by atoms with E-state index < -0.39 is 5.97 Å². The molecule has 138 valence electrons. The summed E-state index contributed by atoms with van der Waals surface area (Å²) in [5.41, 5.74) is 1.52. The number of benzene rings is 3. The fourth-order valence-electron chi connectivity index (χ4n) is 2.41. The summed E-state index contributed by atoms with van der Waals surface area (Å²) in [4.78, 5) is 11.4. The molecule has 0 aliphatic heterocycles. The molecule has 0 aliphatic carbocycles. The van der Waals surface area contributed by atoms with Crippen molar-refractivity contribution in [3.8, 4) is 23.0 Å². The molecule has 3 rings (SSSR count). The quantitative estimate of drug-likeness (QED) is 0.586. The van der Waals surface area contributed by atoms with Crippen molar-refractivity contribution >= 4 is 5.97 Å². The van der Waals surface area contributed by atoms with Gasteiger partial charge in [0.05, 0.1) is 18.8 Å². The topological polar surface area (TPSA) is 96.2 Å². The molecular formula is C21H18O6. The van der Waals surface area contributed by atoms with Gasteiger partial charge < -0.3 is 24.8 Å². The third-order valence-electron chi connectivity index (χ3n) is 3.81. The van der Waals surface area contributed by atoms with Crippen molar-refractivity contribution in [1.82, 2.24) is 0 Å². The van der Waals surface area contributed by atoms with Gasteiger partial charge in [0.2, 0.25) is 0 Å². The number of aromatic carboxylic acids is 1. The second kappa shape index (κ2) is 8.35. The predicted octanol–water partition coefficient (Wildman–Crippen LogP) is 3.95. The summed E-state index contributed by atoms with van der Waals surface area (Å²) in [7, 11) is 0. The van der Waals surface area contributed by atoms with E-state index >= 15 is 0 Å². The average Bonchev–Trinajstić information content (AvgIpc) is 2.69. The number of carboxylic acids is 1. The molecular weight excluding hydrogens is 348 g/mol. The molecule has 0 atom stereocenters. The molecule has 6 heteroatoms. The van der Waals surface area contributed by atoms with Crippen LogP contribution in [0.15, 0.2) is 66.7 Å². The number of carboxylic acid groups (broad SMARTS) is 1. The van der Waals surface area contributed by atoms with Gasteiger partial charge in [0, 0.05) is 6.07 Å². The molecule has 0 fully saturated rings. The van der Waals surface area contributed by atoms with Crippen LogP contribution in [0.5, 0.6) is 23.0 Å². The molecule has 6 nitrogen and oxygen atoms in total. The van der Waals surface area contributed by atoms with Crippen LogP contribution < -0.4 is 9.47 Å². The van der Waals surface area contributed by atoms with Crippen LogP contribution in [0, 0.1) is 0 Å². The molecule has 0 saturated heterocycles. The second-order valence-electron chi connectivity index (χ2n) is 5.81. The van der Waals surface area contributed by atoms with Crippen LogP contribution in [-0.4, -0.2) is 21.3 Å². The third-order valence-corrected chi connectivity index (χ3v) is 3.81. The Balaban J connectivity index is 1.85. The van der Waals surface area contributed by atoms with Gasteiger partial charge in [-0.15, -0.1) is 0 Å². The zero-order chi connectivity index (χ0) is 19.2. The number of aliphatic hydroxyl groups is 2. The average molecular weight is 366 g/mol. The summed E-state index contributed by atoms with van der Waals surface area (Å²) in [5, 5.41) is 27.5. The highest BCUT2D eigenvalue weighted by atomic mass is 16.5. The van der Waals surface area contributed by atoms with Crippen molar-refractivity contribution in [2.45, 2.75) is 13.2 Å². The van der Waals surface area contributed by atoms with Crippen LogP contribution in [0.4, 0.5) is 0 Å². The van der Waals surface area contributed by atoms with Crippen molar-refractivity contribution in [2.24, 2.45) is 0 Å². The minimum absolute atomic E-state index is 0.0291. The monoisotopic (exact) mass is 366 g/mol. The lowest BCUT2D eigenvalue weighted by molar-refractivity contribution is 0.0696. The molecule has 0 saturated carbocycles. The Kier molecular flexibility index (Phi) is 5.71. The van der Waals surface area contributed by atoms with Crippen LogP contribution in [0.2, 0.25) is 0 Å². The van der Waals surface area contributed by atoms with E-state index in [-0.39, 0.29) is 18.8 Å². The highest BCUT2D eigenvalue weighted by molar-refractivity contribution is 5.88. The van der Waals surface area contributed by atoms with E-state index in [0.717, 1.165) is 11.1 Å². The van der Waals surface area contributed by atoms with Gasteiger partial charge >= 0.3 is 5.97 Å². The van der Waals surface area contributed by atoms with E-state index in [9.17, 15) is 9.90 Å². The minimum atomic E-state index is -1.10. The molecule has 0 aliphatic rings. The number of ether oxygens (including phenoxy) is 2. The molecule has 0 amide bonds. The number of hydrogen-bond donors (Lipinski definition) is 3. The maximum absolute atomic E-state index is 11.4. The summed E-state index contributed by atoms with van der Waals surface area (Å²) >= 11 is 0. The summed E-state index contributed by atoms with van der Waals surface area (Å²) in [6.07, 6.45) is 0. The predicted molar refractivity (Wildman–Crippen MR) is 98.3 cm³/mol. The molecule has 27 heavy (non-hydrogen) atoms. The van der Waals surface area contributed by atoms with E-state index in [1.807, 2.05) is 0 Å². The summed E-state index contributed by atoms with van der Waals surface area (Å²) < 4.78 is 11.5. The van der Waals surface area contributed by atoms with Gasteiger partial charge in [-0.3, -0.25) is 0 Å². The van der Waals surface area contributed by atoms with Crippen molar-refractivity contribution in [1.29, 1.82) is 0 Å². The first-order valence-corrected chi connectivity index (χ1v) is 8.21. The normalized spacial score (nSPS) is 10.4. The zero-order valence-corrected chi connectivity index (χ0v) is 14.3. The first-order chi connectivity index (χ1) is 13.1. The van der Waals surface area contributed by atoms with Gasteiger partial charge in [0.15, 0.2) is 0 Å². The number of aliphatic hydroxyl groups excluding tert-OH is 2. The Hall–Kier alpha value is -3.35. The van der Waals surface area contributed by atoms with Crippen molar-refractivity contribution in [2.75, 3.05) is 0 Å². The van der Waals surface area contributed by atoms with Gasteiger partial charge in [-0.25, -0.2) is 4.79 Å². The third kappa shape index (κ3) is 4.84. The zero-order valence-electron chi connectivity index (χ0n) is 14.3. The Morgan fingerprint density at radius 1 is 0.667 bits per heavy atom. The highest BCUT2D eigenvalue weighted by Gasteiger charge is 2.10. The molecule has 0 bridgehead atoms. The molecule has 0 radical (unpaired) electrons. The molecule has 0 unspecified atom stereocenters. The first kappa shape index (κ1) is 18.4. The van der Waals surface area contributed by atoms with Crippen LogP contribution in [0.25, 0.3) is 0 Å². The summed E-state index contributed by atoms with van der Waals surface area (Å²) in [5.74, 6) is 0.541. The number of hydrogen-bond acceptors (Lipinski definition) is 5. The van der Waals surface area contributed by atoms with Gasteiger partial charge in [0.1, 0.15) is 23.0 Å². The number of carbonyl (C=O) groups is 1. The lowest BCUT2D eigenvalue weighted by Gasteiger charge is -2.11. The Morgan fingerprint density at radius 3 is 1.41 bits per heavy atom. The lowest BCUT2D eigenvalue weighted by Crippen LogP contribution is -1.98. The van der Waals surface area contributed by atoms with E-state index in [0.29, 0.717) is 23.0 Å². The lowest BCUT2D eigenvalue weighted by atomic mass is 10.2. The Labute approximate surface area is 155 Å². The molecule has 3 N–H and O–H groups in total. The van der Waals surface area contributed by atoms with E-state index in [4.69, 9.17) is 19.7 Å².